The number of pyridine rings is 1. The minimum atomic E-state index is -3.66. The van der Waals surface area contributed by atoms with Crippen LogP contribution in [0.15, 0.2) is 35.4 Å². The molecule has 0 atom stereocenters. The molecule has 1 aromatic heterocycles. The van der Waals surface area contributed by atoms with Crippen molar-refractivity contribution < 1.29 is 13.3 Å². The molecule has 2 aromatic rings. The molecule has 96 valence electrons. The summed E-state index contributed by atoms with van der Waals surface area (Å²) in [5, 5.41) is 0.599. The summed E-state index contributed by atoms with van der Waals surface area (Å²) in [4.78, 5) is 9.18. The first-order chi connectivity index (χ1) is 8.48. The number of fused-ring (bicyclic) bond motifs is 1. The zero-order valence-electron chi connectivity index (χ0n) is 10.4. The molecular formula is C12H14N2O3S. The van der Waals surface area contributed by atoms with Gasteiger partial charge in [0.15, 0.2) is 0 Å². The topological polar surface area (TPSA) is 59.5 Å². The highest BCUT2D eigenvalue weighted by molar-refractivity contribution is 7.89. The van der Waals surface area contributed by atoms with E-state index >= 15 is 0 Å². The molecule has 0 aliphatic carbocycles. The summed E-state index contributed by atoms with van der Waals surface area (Å²) in [5.41, 5.74) is 1.62. The molecule has 0 bridgehead atoms. The summed E-state index contributed by atoms with van der Waals surface area (Å²) in [6, 6.07) is 6.77. The van der Waals surface area contributed by atoms with E-state index < -0.39 is 10.0 Å². The lowest BCUT2D eigenvalue weighted by Gasteiger charge is -2.16. The predicted molar refractivity (Wildman–Crippen MR) is 68.4 cm³/mol. The molecule has 6 heteroatoms. The van der Waals surface area contributed by atoms with Gasteiger partial charge in [-0.25, -0.2) is 8.42 Å². The van der Waals surface area contributed by atoms with Gasteiger partial charge in [-0.1, -0.05) is 10.5 Å². The number of hydrogen-bond acceptors (Lipinski definition) is 4. The van der Waals surface area contributed by atoms with Crippen molar-refractivity contribution >= 4 is 20.9 Å². The van der Waals surface area contributed by atoms with Crippen molar-refractivity contribution in [2.45, 2.75) is 11.8 Å². The summed E-state index contributed by atoms with van der Waals surface area (Å²) in [5.74, 6) is 0. The summed E-state index contributed by atoms with van der Waals surface area (Å²) >= 11 is 0. The van der Waals surface area contributed by atoms with E-state index in [0.717, 1.165) is 10.0 Å². The van der Waals surface area contributed by atoms with Crippen LogP contribution in [0.3, 0.4) is 0 Å². The minimum absolute atomic E-state index is 0.195. The van der Waals surface area contributed by atoms with Crippen molar-refractivity contribution in [1.29, 1.82) is 0 Å². The van der Waals surface area contributed by atoms with Crippen LogP contribution in [0.1, 0.15) is 5.56 Å². The van der Waals surface area contributed by atoms with Gasteiger partial charge in [0.25, 0.3) is 10.0 Å². The molecule has 0 spiro atoms. The van der Waals surface area contributed by atoms with Gasteiger partial charge in [0.2, 0.25) is 0 Å². The van der Waals surface area contributed by atoms with Gasteiger partial charge < -0.3 is 0 Å². The second-order valence-electron chi connectivity index (χ2n) is 3.88. The molecule has 0 aliphatic rings. The Morgan fingerprint density at radius 2 is 2.00 bits per heavy atom. The van der Waals surface area contributed by atoms with E-state index in [4.69, 9.17) is 4.84 Å². The number of sulfonamides is 1. The Morgan fingerprint density at radius 1 is 1.28 bits per heavy atom. The minimum Gasteiger partial charge on any atom is -0.288 e. The van der Waals surface area contributed by atoms with E-state index in [1.165, 1.54) is 14.2 Å². The lowest BCUT2D eigenvalue weighted by Crippen LogP contribution is -2.26. The molecule has 0 N–H and O–H groups in total. The van der Waals surface area contributed by atoms with Crippen molar-refractivity contribution in [2.75, 3.05) is 14.2 Å². The molecule has 5 nitrogen and oxygen atoms in total. The van der Waals surface area contributed by atoms with Crippen molar-refractivity contribution in [2.24, 2.45) is 0 Å². The Bertz CT molecular complexity index is 683. The highest BCUT2D eigenvalue weighted by Crippen LogP contribution is 2.26. The summed E-state index contributed by atoms with van der Waals surface area (Å²) in [6.07, 6.45) is 1.64. The fourth-order valence-electron chi connectivity index (χ4n) is 1.75. The van der Waals surface area contributed by atoms with Gasteiger partial charge >= 0.3 is 0 Å². The molecule has 0 fully saturated rings. The Hall–Kier alpha value is -1.50. The number of aromatic nitrogens is 1. The molecule has 1 aromatic carbocycles. The molecule has 0 saturated heterocycles. The first-order valence-electron chi connectivity index (χ1n) is 5.36. The molecule has 1 heterocycles. The van der Waals surface area contributed by atoms with E-state index in [-0.39, 0.29) is 4.90 Å². The standard InChI is InChI=1S/C12H14N2O3S/c1-9-6-7-11(18(15,16)14(2)17-3)10-5-4-8-13-12(9)10/h4-8H,1-3H3. The average molecular weight is 266 g/mol. The maximum absolute atomic E-state index is 12.3. The van der Waals surface area contributed by atoms with E-state index in [1.54, 1.807) is 30.5 Å². The van der Waals surface area contributed by atoms with Crippen LogP contribution < -0.4 is 0 Å². The largest absolute Gasteiger partial charge is 0.288 e. The van der Waals surface area contributed by atoms with Crippen LogP contribution in [0, 0.1) is 6.92 Å². The van der Waals surface area contributed by atoms with E-state index in [2.05, 4.69) is 4.98 Å². The number of nitrogens with zero attached hydrogens (tertiary/aromatic N) is 2. The fourth-order valence-corrected chi connectivity index (χ4v) is 2.91. The van der Waals surface area contributed by atoms with E-state index in [1.807, 2.05) is 6.92 Å². The average Bonchev–Trinajstić information content (AvgIpc) is 2.38. The molecule has 0 radical (unpaired) electrons. The zero-order valence-corrected chi connectivity index (χ0v) is 11.2. The number of benzene rings is 1. The highest BCUT2D eigenvalue weighted by Gasteiger charge is 2.23. The normalized spacial score (nSPS) is 12.2. The number of aryl methyl sites for hydroxylation is 1. The van der Waals surface area contributed by atoms with Crippen LogP contribution in [0.4, 0.5) is 0 Å². The van der Waals surface area contributed by atoms with Crippen LogP contribution in [-0.2, 0) is 14.9 Å². The van der Waals surface area contributed by atoms with Gasteiger partial charge in [-0.15, -0.1) is 0 Å². The third kappa shape index (κ3) is 1.98. The van der Waals surface area contributed by atoms with Crippen LogP contribution in [0.5, 0.6) is 0 Å². The smallest absolute Gasteiger partial charge is 0.265 e. The van der Waals surface area contributed by atoms with Gasteiger partial charge in [0.05, 0.1) is 17.5 Å². The number of rotatable bonds is 3. The number of hydroxylamine groups is 1. The quantitative estimate of drug-likeness (QED) is 0.794. The van der Waals surface area contributed by atoms with Crippen molar-refractivity contribution in [1.82, 2.24) is 9.45 Å². The van der Waals surface area contributed by atoms with Gasteiger partial charge in [-0.05, 0) is 30.7 Å². The lowest BCUT2D eigenvalue weighted by atomic mass is 10.1. The third-order valence-electron chi connectivity index (χ3n) is 2.80. The molecule has 0 unspecified atom stereocenters. The molecule has 0 amide bonds. The van der Waals surface area contributed by atoms with Gasteiger partial charge in [0.1, 0.15) is 0 Å². The number of hydrogen-bond donors (Lipinski definition) is 0. The third-order valence-corrected chi connectivity index (χ3v) is 4.54. The zero-order chi connectivity index (χ0) is 13.3. The Balaban J connectivity index is 2.78. The lowest BCUT2D eigenvalue weighted by molar-refractivity contribution is -0.0257. The van der Waals surface area contributed by atoms with E-state index in [0.29, 0.717) is 10.9 Å². The van der Waals surface area contributed by atoms with Crippen LogP contribution >= 0.6 is 0 Å². The second-order valence-corrected chi connectivity index (χ2v) is 5.78. The molecule has 0 aliphatic heterocycles. The first-order valence-corrected chi connectivity index (χ1v) is 6.80. The highest BCUT2D eigenvalue weighted by atomic mass is 32.2. The van der Waals surface area contributed by atoms with Crippen molar-refractivity contribution in [3.05, 3.63) is 36.0 Å². The Labute approximate surface area is 106 Å². The molecular weight excluding hydrogens is 252 g/mol. The Morgan fingerprint density at radius 3 is 2.67 bits per heavy atom. The fraction of sp³-hybridized carbons (Fsp3) is 0.250. The van der Waals surface area contributed by atoms with Gasteiger partial charge in [-0.2, -0.15) is 0 Å². The maximum Gasteiger partial charge on any atom is 0.265 e. The van der Waals surface area contributed by atoms with Gasteiger partial charge in [-0.3, -0.25) is 9.82 Å². The molecule has 0 saturated carbocycles. The van der Waals surface area contributed by atoms with Crippen LogP contribution in [0.2, 0.25) is 0 Å². The van der Waals surface area contributed by atoms with Crippen LogP contribution in [0.25, 0.3) is 10.9 Å². The summed E-state index contributed by atoms with van der Waals surface area (Å²) in [6.45, 7) is 1.89. The first kappa shape index (κ1) is 12.9. The second kappa shape index (κ2) is 4.64. The van der Waals surface area contributed by atoms with Crippen molar-refractivity contribution in [3.63, 3.8) is 0 Å². The summed E-state index contributed by atoms with van der Waals surface area (Å²) in [7, 11) is -0.991. The summed E-state index contributed by atoms with van der Waals surface area (Å²) < 4.78 is 25.4. The molecule has 18 heavy (non-hydrogen) atoms. The Kier molecular flexibility index (Phi) is 3.34. The molecule has 2 rings (SSSR count). The maximum atomic E-state index is 12.3. The predicted octanol–water partition coefficient (Wildman–Crippen LogP) is 1.73. The van der Waals surface area contributed by atoms with E-state index in [9.17, 15) is 8.42 Å². The van der Waals surface area contributed by atoms with Crippen LogP contribution in [-0.4, -0.2) is 32.0 Å². The van der Waals surface area contributed by atoms with Crippen molar-refractivity contribution in [3.8, 4) is 0 Å². The monoisotopic (exact) mass is 266 g/mol. The van der Waals surface area contributed by atoms with Gasteiger partial charge in [0, 0.05) is 18.6 Å². The SMILES string of the molecule is CON(C)S(=O)(=O)c1ccc(C)c2ncccc12.